The zero-order valence-electron chi connectivity index (χ0n) is 26.3. The van der Waals surface area contributed by atoms with Gasteiger partial charge in [0.05, 0.1) is 42.1 Å². The van der Waals surface area contributed by atoms with Crippen LogP contribution in [-0.4, -0.2) is 56.5 Å². The number of ether oxygens (including phenoxy) is 1. The van der Waals surface area contributed by atoms with E-state index in [1.165, 1.54) is 41.9 Å². The summed E-state index contributed by atoms with van der Waals surface area (Å²) in [5.41, 5.74) is 6.53. The largest absolute Gasteiger partial charge is 0.453 e. The van der Waals surface area contributed by atoms with Crippen molar-refractivity contribution in [1.29, 1.82) is 0 Å². The molecule has 2 aliphatic carbocycles. The fourth-order valence-electron chi connectivity index (χ4n) is 7.57. The maximum absolute atomic E-state index is 11.9. The summed E-state index contributed by atoms with van der Waals surface area (Å²) in [7, 11) is 1.37. The van der Waals surface area contributed by atoms with Gasteiger partial charge < -0.3 is 20.0 Å². The van der Waals surface area contributed by atoms with Gasteiger partial charge in [-0.3, -0.25) is 10.2 Å². The summed E-state index contributed by atoms with van der Waals surface area (Å²) in [6, 6.07) is 21.1. The highest BCUT2D eigenvalue weighted by molar-refractivity contribution is 5.91. The molecule has 7 atom stereocenters. The van der Waals surface area contributed by atoms with Gasteiger partial charge in [0.25, 0.3) is 0 Å². The predicted octanol–water partition coefficient (Wildman–Crippen LogP) is 6.60. The van der Waals surface area contributed by atoms with Crippen LogP contribution in [0.15, 0.2) is 60.8 Å². The Morgan fingerprint density at radius 3 is 2.48 bits per heavy atom. The number of amides is 1. The van der Waals surface area contributed by atoms with Crippen molar-refractivity contribution in [3.63, 3.8) is 0 Å². The number of aromatic nitrogens is 4. The second-order valence-electron chi connectivity index (χ2n) is 14.0. The topological polar surface area (TPSA) is 120 Å². The number of hydrogen-bond donors (Lipinski definition) is 4. The van der Waals surface area contributed by atoms with Crippen molar-refractivity contribution in [1.82, 2.24) is 35.6 Å². The van der Waals surface area contributed by atoms with Crippen LogP contribution >= 0.6 is 0 Å². The quantitative estimate of drug-likeness (QED) is 0.145. The molecule has 4 heterocycles. The first-order valence-corrected chi connectivity index (χ1v) is 16.5. The van der Waals surface area contributed by atoms with Crippen LogP contribution in [0.2, 0.25) is 0 Å². The number of piperidine rings is 2. The zero-order chi connectivity index (χ0) is 31.1. The van der Waals surface area contributed by atoms with Crippen molar-refractivity contribution < 1.29 is 14.4 Å². The lowest BCUT2D eigenvalue weighted by atomic mass is 9.99. The van der Waals surface area contributed by atoms with Gasteiger partial charge in [-0.1, -0.05) is 44.2 Å². The summed E-state index contributed by atoms with van der Waals surface area (Å²) in [6.45, 7) is 4.04. The van der Waals surface area contributed by atoms with Crippen molar-refractivity contribution in [2.45, 2.75) is 69.9 Å². The number of carbonyl (C=O) groups is 1. The van der Waals surface area contributed by atoms with E-state index in [0.29, 0.717) is 24.0 Å². The van der Waals surface area contributed by atoms with Gasteiger partial charge in [0.15, 0.2) is 6.23 Å². The average Bonchev–Trinajstić information content (AvgIpc) is 3.67. The van der Waals surface area contributed by atoms with E-state index >= 15 is 0 Å². The van der Waals surface area contributed by atoms with E-state index in [4.69, 9.17) is 19.5 Å². The van der Waals surface area contributed by atoms with Gasteiger partial charge in [-0.15, -0.1) is 0 Å². The van der Waals surface area contributed by atoms with Crippen LogP contribution in [0.4, 0.5) is 4.79 Å². The number of benzene rings is 3. The third-order valence-corrected chi connectivity index (χ3v) is 10.4. The predicted molar refractivity (Wildman–Crippen MR) is 175 cm³/mol. The second-order valence-corrected chi connectivity index (χ2v) is 14.0. The monoisotopic (exact) mass is 617 g/mol. The number of nitrogens with one attached hydrogen (secondary N) is 4. The third kappa shape index (κ3) is 4.96. The van der Waals surface area contributed by atoms with Gasteiger partial charge in [0.2, 0.25) is 0 Å². The van der Waals surface area contributed by atoms with Crippen LogP contribution < -0.4 is 10.6 Å². The molecule has 4 N–H and O–H groups in total. The Kier molecular flexibility index (Phi) is 6.49. The van der Waals surface area contributed by atoms with Crippen LogP contribution in [0.1, 0.15) is 63.3 Å². The summed E-state index contributed by atoms with van der Waals surface area (Å²) in [6.07, 6.45) is 5.53. The first-order chi connectivity index (χ1) is 22.4. The summed E-state index contributed by atoms with van der Waals surface area (Å²) in [5.74, 6) is 3.45. The molecular weight excluding hydrogens is 578 g/mol. The first kappa shape index (κ1) is 28.0. The van der Waals surface area contributed by atoms with Crippen molar-refractivity contribution in [3.8, 4) is 22.4 Å². The number of methoxy groups -OCH3 is 1. The maximum atomic E-state index is 11.9. The minimum Gasteiger partial charge on any atom is -0.453 e. The lowest BCUT2D eigenvalue weighted by Crippen LogP contribution is -2.45. The number of hydrogen-bond acceptors (Lipinski definition) is 7. The van der Waals surface area contributed by atoms with Crippen LogP contribution in [0.3, 0.4) is 0 Å². The highest BCUT2D eigenvalue weighted by atomic mass is 16.7. The standard InChI is InChI=1S/C36H39N7O3/c1-18(2)35(42-36(44)45-3)46-43-31-15-25(31)16-32(43)34-37-17-30(41-34)23-7-6-19-10-20(4-5-21(19)11-23)22-8-9-26-28(12-22)40-33(39-26)29-14-24-13-27(24)38-29/h4-12,17-18,24-25,27,29,31-32,35,38H,13-16H2,1-3H3,(H,37,41)(H,39,40)(H,42,44)/t24-,25-,27-,29+,31-,32+,35?/m1/s1. The third-order valence-electron chi connectivity index (χ3n) is 10.4. The van der Waals surface area contributed by atoms with E-state index in [1.807, 2.05) is 25.1 Å². The normalized spacial score (nSPS) is 27.2. The number of fused-ring (bicyclic) bond motifs is 4. The molecule has 46 heavy (non-hydrogen) atoms. The number of rotatable bonds is 8. The van der Waals surface area contributed by atoms with Gasteiger partial charge in [0, 0.05) is 23.6 Å². The Bertz CT molecular complexity index is 1960. The molecule has 3 aromatic carbocycles. The van der Waals surface area contributed by atoms with Gasteiger partial charge in [-0.25, -0.2) is 14.8 Å². The van der Waals surface area contributed by atoms with Crippen LogP contribution in [0, 0.1) is 17.8 Å². The molecule has 0 radical (unpaired) electrons. The summed E-state index contributed by atoms with van der Waals surface area (Å²) in [5, 5.41) is 10.9. The first-order valence-electron chi connectivity index (χ1n) is 16.5. The van der Waals surface area contributed by atoms with E-state index < -0.39 is 12.3 Å². The molecule has 5 aromatic rings. The molecule has 2 aliphatic heterocycles. The van der Waals surface area contributed by atoms with E-state index in [1.54, 1.807) is 0 Å². The fraction of sp³-hybridized carbons (Fsp3) is 0.417. The minimum atomic E-state index is -0.494. The summed E-state index contributed by atoms with van der Waals surface area (Å²) >= 11 is 0. The molecule has 1 unspecified atom stereocenters. The fourth-order valence-corrected chi connectivity index (χ4v) is 7.57. The Labute approximate surface area is 267 Å². The number of hydroxylamine groups is 2. The summed E-state index contributed by atoms with van der Waals surface area (Å²) < 4.78 is 4.82. The molecule has 4 aliphatic rings. The number of imidazole rings is 2. The molecule has 4 fully saturated rings. The molecular formula is C36H39N7O3. The molecule has 9 rings (SSSR count). The second kappa shape index (κ2) is 10.7. The number of carbonyl (C=O) groups excluding carboxylic acids is 1. The molecule has 2 aromatic heterocycles. The van der Waals surface area contributed by atoms with Crippen molar-refractivity contribution >= 4 is 27.9 Å². The molecule has 2 saturated heterocycles. The Balaban J connectivity index is 0.932. The molecule has 236 valence electrons. The molecule has 2 saturated carbocycles. The number of nitrogens with zero attached hydrogens (tertiary/aromatic N) is 3. The van der Waals surface area contributed by atoms with Crippen molar-refractivity contribution in [3.05, 3.63) is 72.4 Å². The Morgan fingerprint density at radius 1 is 0.913 bits per heavy atom. The molecule has 10 heteroatoms. The van der Waals surface area contributed by atoms with Gasteiger partial charge in [-0.05, 0) is 83.7 Å². The minimum absolute atomic E-state index is 0.00420. The van der Waals surface area contributed by atoms with E-state index in [2.05, 4.69) is 75.2 Å². The van der Waals surface area contributed by atoms with Crippen molar-refractivity contribution in [2.75, 3.05) is 7.11 Å². The van der Waals surface area contributed by atoms with Crippen LogP contribution in [0.25, 0.3) is 44.2 Å². The van der Waals surface area contributed by atoms with Gasteiger partial charge in [-0.2, -0.15) is 5.06 Å². The van der Waals surface area contributed by atoms with Crippen LogP contribution in [0.5, 0.6) is 0 Å². The lowest BCUT2D eigenvalue weighted by molar-refractivity contribution is -0.237. The number of alkyl carbamates (subject to hydrolysis) is 1. The number of H-pyrrole nitrogens is 2. The number of aromatic amines is 2. The zero-order valence-corrected chi connectivity index (χ0v) is 26.3. The Hall–Kier alpha value is -4.25. The average molecular weight is 618 g/mol. The molecule has 10 nitrogen and oxygen atoms in total. The Morgan fingerprint density at radius 2 is 1.70 bits per heavy atom. The molecule has 1 amide bonds. The smallest absolute Gasteiger partial charge is 0.408 e. The van der Waals surface area contributed by atoms with E-state index in [9.17, 15) is 4.79 Å². The summed E-state index contributed by atoms with van der Waals surface area (Å²) in [4.78, 5) is 35.2. The van der Waals surface area contributed by atoms with Crippen molar-refractivity contribution in [2.24, 2.45) is 17.8 Å². The van der Waals surface area contributed by atoms with E-state index in [-0.39, 0.29) is 12.0 Å². The molecule has 0 spiro atoms. The maximum Gasteiger partial charge on any atom is 0.408 e. The lowest BCUT2D eigenvalue weighted by Gasteiger charge is -2.31. The molecule has 0 bridgehead atoms. The van der Waals surface area contributed by atoms with Gasteiger partial charge >= 0.3 is 6.09 Å². The van der Waals surface area contributed by atoms with Crippen LogP contribution in [-0.2, 0) is 9.57 Å². The van der Waals surface area contributed by atoms with E-state index in [0.717, 1.165) is 52.7 Å². The highest BCUT2D eigenvalue weighted by Gasteiger charge is 2.55. The highest BCUT2D eigenvalue weighted by Crippen LogP contribution is 2.53. The van der Waals surface area contributed by atoms with Gasteiger partial charge in [0.1, 0.15) is 11.6 Å². The SMILES string of the molecule is COC(=O)NC(ON1[C@@H]2C[C@@H]2C[C@H]1c1ncc(-c2ccc3cc(-c4ccc5nc([C@@H]6C[C@H]7C[C@H]7N6)[nH]c5c4)ccc3c2)[nH]1)C(C)C.